The van der Waals surface area contributed by atoms with Gasteiger partial charge in [0.05, 0.1) is 7.11 Å². The normalized spacial score (nSPS) is 21.8. The van der Waals surface area contributed by atoms with E-state index in [1.807, 2.05) is 30.5 Å². The second-order valence-electron chi connectivity index (χ2n) is 5.30. The molecule has 0 saturated heterocycles. The molecular formula is C16H20NNaO3. The third-order valence-corrected chi connectivity index (χ3v) is 3.90. The molecule has 1 aliphatic carbocycles. The largest absolute Gasteiger partial charge is 1.00 e. The third kappa shape index (κ3) is 5.81. The van der Waals surface area contributed by atoms with E-state index >= 15 is 0 Å². The number of methoxy groups -OCH3 is 1. The van der Waals surface area contributed by atoms with Crippen LogP contribution in [0.25, 0.3) is 0 Å². The molecule has 108 valence electrons. The van der Waals surface area contributed by atoms with Gasteiger partial charge in [-0.2, -0.15) is 0 Å². The first-order valence-electron chi connectivity index (χ1n) is 7.04. The monoisotopic (exact) mass is 297 g/mol. The van der Waals surface area contributed by atoms with Crippen molar-refractivity contribution in [2.45, 2.75) is 25.7 Å². The number of hydrogen-bond acceptors (Lipinski definition) is 4. The predicted octanol–water partition coefficient (Wildman–Crippen LogP) is -1.33. The smallest absolute Gasteiger partial charge is 0.550 e. The van der Waals surface area contributed by atoms with Crippen LogP contribution in [0.3, 0.4) is 0 Å². The molecule has 0 aliphatic heterocycles. The van der Waals surface area contributed by atoms with Crippen molar-refractivity contribution in [2.24, 2.45) is 16.8 Å². The Labute approximate surface area is 147 Å². The number of nitrogens with zero attached hydrogens (tertiary/aromatic N) is 1. The molecule has 1 fully saturated rings. The fourth-order valence-corrected chi connectivity index (χ4v) is 2.58. The third-order valence-electron chi connectivity index (χ3n) is 3.90. The maximum atomic E-state index is 10.8. The zero-order valence-electron chi connectivity index (χ0n) is 12.7. The zero-order valence-corrected chi connectivity index (χ0v) is 14.7. The first kappa shape index (κ1) is 18.2. The van der Waals surface area contributed by atoms with Crippen molar-refractivity contribution >= 4 is 12.2 Å². The van der Waals surface area contributed by atoms with Gasteiger partial charge in [0.25, 0.3) is 0 Å². The van der Waals surface area contributed by atoms with Crippen molar-refractivity contribution < 1.29 is 44.2 Å². The summed E-state index contributed by atoms with van der Waals surface area (Å²) in [5.41, 5.74) is 1.05. The summed E-state index contributed by atoms with van der Waals surface area (Å²) in [5.74, 6) is 0.185. The fourth-order valence-electron chi connectivity index (χ4n) is 2.58. The summed E-state index contributed by atoms with van der Waals surface area (Å²) in [5, 5.41) is 10.8. The maximum Gasteiger partial charge on any atom is 1.00 e. The van der Waals surface area contributed by atoms with E-state index < -0.39 is 5.97 Å². The number of carboxylic acids is 1. The van der Waals surface area contributed by atoms with Gasteiger partial charge in [-0.1, -0.05) is 0 Å². The Kier molecular flexibility index (Phi) is 8.01. The molecule has 5 heteroatoms. The van der Waals surface area contributed by atoms with Gasteiger partial charge in [-0.25, -0.2) is 0 Å². The quantitative estimate of drug-likeness (QED) is 0.500. The van der Waals surface area contributed by atoms with Crippen molar-refractivity contribution in [1.82, 2.24) is 0 Å². The molecule has 0 spiro atoms. The van der Waals surface area contributed by atoms with E-state index in [9.17, 15) is 9.90 Å². The molecule has 0 N–H and O–H groups in total. The summed E-state index contributed by atoms with van der Waals surface area (Å²) >= 11 is 0. The van der Waals surface area contributed by atoms with Crippen LogP contribution in [0.15, 0.2) is 29.3 Å². The summed E-state index contributed by atoms with van der Waals surface area (Å²) in [4.78, 5) is 15.2. The average molecular weight is 297 g/mol. The number of carbonyl (C=O) groups excluding carboxylic acids is 1. The zero-order chi connectivity index (χ0) is 14.4. The van der Waals surface area contributed by atoms with Crippen LogP contribution in [0, 0.1) is 11.8 Å². The summed E-state index contributed by atoms with van der Waals surface area (Å²) in [6, 6.07) is 7.75. The number of benzene rings is 1. The number of ether oxygens (including phenoxy) is 1. The van der Waals surface area contributed by atoms with Crippen LogP contribution in [-0.2, 0) is 4.79 Å². The average Bonchev–Trinajstić information content (AvgIpc) is 2.48. The maximum absolute atomic E-state index is 10.8. The van der Waals surface area contributed by atoms with Crippen LogP contribution in [0.1, 0.15) is 31.2 Å². The molecule has 1 aliphatic rings. The van der Waals surface area contributed by atoms with Crippen LogP contribution < -0.4 is 39.4 Å². The summed E-state index contributed by atoms with van der Waals surface area (Å²) in [6.07, 6.45) is 5.18. The number of carboxylic acid groups (broad SMARTS) is 1. The molecular weight excluding hydrogens is 277 g/mol. The van der Waals surface area contributed by atoms with E-state index in [2.05, 4.69) is 4.99 Å². The Hall–Kier alpha value is -0.840. The van der Waals surface area contributed by atoms with E-state index in [1.165, 1.54) is 0 Å². The van der Waals surface area contributed by atoms with Crippen molar-refractivity contribution in [3.8, 4) is 5.75 Å². The molecule has 21 heavy (non-hydrogen) atoms. The van der Waals surface area contributed by atoms with Gasteiger partial charge < -0.3 is 14.6 Å². The molecule has 1 aromatic carbocycles. The van der Waals surface area contributed by atoms with Gasteiger partial charge in [-0.3, -0.25) is 4.99 Å². The Morgan fingerprint density at radius 3 is 2.43 bits per heavy atom. The van der Waals surface area contributed by atoms with Crippen molar-refractivity contribution in [2.75, 3.05) is 13.7 Å². The predicted molar refractivity (Wildman–Crippen MR) is 75.9 cm³/mol. The summed E-state index contributed by atoms with van der Waals surface area (Å²) in [7, 11) is 1.64. The van der Waals surface area contributed by atoms with E-state index in [1.54, 1.807) is 7.11 Å². The van der Waals surface area contributed by atoms with E-state index in [4.69, 9.17) is 4.74 Å². The molecule has 2 rings (SSSR count). The fraction of sp³-hybridized carbons (Fsp3) is 0.500. The molecule has 0 aromatic heterocycles. The first-order chi connectivity index (χ1) is 9.69. The summed E-state index contributed by atoms with van der Waals surface area (Å²) < 4.78 is 5.10. The molecule has 4 nitrogen and oxygen atoms in total. The molecule has 0 heterocycles. The van der Waals surface area contributed by atoms with Gasteiger partial charge in [-0.05, 0) is 67.3 Å². The van der Waals surface area contributed by atoms with Crippen LogP contribution in [-0.4, -0.2) is 25.8 Å². The SMILES string of the molecule is COc1ccc(C=NCC2CCC(C(=O)[O-])CC2)cc1.[Na+]. The van der Waals surface area contributed by atoms with Gasteiger partial charge in [0.1, 0.15) is 5.75 Å². The topological polar surface area (TPSA) is 61.7 Å². The number of aliphatic imine (C=N–C) groups is 1. The van der Waals surface area contributed by atoms with E-state index in [0.717, 1.165) is 43.5 Å². The van der Waals surface area contributed by atoms with Crippen molar-refractivity contribution in [1.29, 1.82) is 0 Å². The Morgan fingerprint density at radius 1 is 1.29 bits per heavy atom. The van der Waals surface area contributed by atoms with Crippen LogP contribution in [0.2, 0.25) is 0 Å². The van der Waals surface area contributed by atoms with Crippen LogP contribution in [0.4, 0.5) is 0 Å². The summed E-state index contributed by atoms with van der Waals surface area (Å²) in [6.45, 7) is 0.770. The minimum absolute atomic E-state index is 0. The number of hydrogen-bond donors (Lipinski definition) is 0. The Balaban J connectivity index is 0.00000220. The van der Waals surface area contributed by atoms with Gasteiger partial charge in [-0.15, -0.1) is 0 Å². The molecule has 1 saturated carbocycles. The molecule has 0 bridgehead atoms. The van der Waals surface area contributed by atoms with E-state index in [0.29, 0.717) is 5.92 Å². The molecule has 0 radical (unpaired) electrons. The van der Waals surface area contributed by atoms with E-state index in [-0.39, 0.29) is 35.5 Å². The Bertz CT molecular complexity index is 465. The van der Waals surface area contributed by atoms with Gasteiger partial charge >= 0.3 is 29.6 Å². The number of carbonyl (C=O) groups is 1. The minimum atomic E-state index is -0.898. The molecule has 1 aromatic rings. The minimum Gasteiger partial charge on any atom is -0.550 e. The Morgan fingerprint density at radius 2 is 1.90 bits per heavy atom. The molecule has 0 atom stereocenters. The van der Waals surface area contributed by atoms with Gasteiger partial charge in [0, 0.05) is 18.7 Å². The number of rotatable bonds is 5. The molecule has 0 unspecified atom stereocenters. The van der Waals surface area contributed by atoms with Crippen molar-refractivity contribution in [3.05, 3.63) is 29.8 Å². The second-order valence-corrected chi connectivity index (χ2v) is 5.30. The first-order valence-corrected chi connectivity index (χ1v) is 7.04. The van der Waals surface area contributed by atoms with Crippen molar-refractivity contribution in [3.63, 3.8) is 0 Å². The van der Waals surface area contributed by atoms with Crippen LogP contribution in [0.5, 0.6) is 5.75 Å². The standard InChI is InChI=1S/C16H21NO3.Na/c1-20-15-8-4-13(5-9-15)11-17-10-12-2-6-14(7-3-12)16(18)19;/h4-5,8-9,11-12,14H,2-3,6-7,10H2,1H3,(H,18,19);/q;+1/p-1. The van der Waals surface area contributed by atoms with Gasteiger partial charge in [0.15, 0.2) is 0 Å². The van der Waals surface area contributed by atoms with Gasteiger partial charge in [0.2, 0.25) is 0 Å². The molecule has 0 amide bonds. The second kappa shape index (κ2) is 9.23. The number of aliphatic carboxylic acids is 1. The van der Waals surface area contributed by atoms with Crippen LogP contribution >= 0.6 is 0 Å².